The number of benzene rings is 1. The lowest BCUT2D eigenvalue weighted by atomic mass is 9.72. The summed E-state index contributed by atoms with van der Waals surface area (Å²) in [6.45, 7) is 6.43. The smallest absolute Gasteiger partial charge is 0.322 e. The van der Waals surface area contributed by atoms with Gasteiger partial charge in [0.25, 0.3) is 5.91 Å². The van der Waals surface area contributed by atoms with Crippen LogP contribution in [0.4, 0.5) is 23.2 Å². The third-order valence-corrected chi connectivity index (χ3v) is 7.57. The molecule has 5 nitrogen and oxygen atoms in total. The Morgan fingerprint density at radius 3 is 2.29 bits per heavy atom. The van der Waals surface area contributed by atoms with Crippen LogP contribution in [0, 0.1) is 41.0 Å². The highest BCUT2D eigenvalue weighted by Gasteiger charge is 2.55. The van der Waals surface area contributed by atoms with Crippen molar-refractivity contribution >= 4 is 33.5 Å². The molecule has 4 unspecified atom stereocenters. The predicted octanol–water partition coefficient (Wildman–Crippen LogP) is 5.71. The van der Waals surface area contributed by atoms with Crippen LogP contribution in [0.2, 0.25) is 0 Å². The summed E-state index contributed by atoms with van der Waals surface area (Å²) in [6.07, 6.45) is 4.58. The first kappa shape index (κ1) is 26.8. The first-order valence-electron chi connectivity index (χ1n) is 11.6. The molecule has 190 valence electrons. The summed E-state index contributed by atoms with van der Waals surface area (Å²) in [5, 5.41) is 4.95. The Balaban J connectivity index is 1.78. The van der Waals surface area contributed by atoms with E-state index in [-0.39, 0.29) is 25.0 Å². The molecule has 2 aliphatic rings. The highest BCUT2D eigenvalue weighted by atomic mass is 79.9. The molecule has 1 aromatic rings. The molecule has 1 amide bonds. The number of carbonyl (C=O) groups is 2. The quantitative estimate of drug-likeness (QED) is 0.136. The fourth-order valence-corrected chi connectivity index (χ4v) is 5.65. The zero-order valence-corrected chi connectivity index (χ0v) is 21.4. The summed E-state index contributed by atoms with van der Waals surface area (Å²) in [6, 6.07) is 0. The normalized spacial score (nSPS) is 26.0. The molecule has 1 aromatic carbocycles. The number of nitrogens with one attached hydrogen (secondary N) is 2. The van der Waals surface area contributed by atoms with E-state index in [2.05, 4.69) is 26.6 Å². The van der Waals surface area contributed by atoms with E-state index in [1.807, 2.05) is 13.8 Å². The number of esters is 1. The summed E-state index contributed by atoms with van der Waals surface area (Å²) in [5.74, 6) is -8.05. The van der Waals surface area contributed by atoms with Crippen molar-refractivity contribution in [1.29, 1.82) is 0 Å². The minimum atomic E-state index is -1.77. The first-order chi connectivity index (χ1) is 15.8. The number of rotatable bonds is 9. The number of hydrogen-bond donors (Lipinski definition) is 2. The van der Waals surface area contributed by atoms with Gasteiger partial charge in [-0.2, -0.15) is 0 Å². The van der Waals surface area contributed by atoms with Crippen molar-refractivity contribution in [2.75, 3.05) is 18.5 Å². The van der Waals surface area contributed by atoms with Gasteiger partial charge in [-0.15, -0.1) is 0 Å². The van der Waals surface area contributed by atoms with Gasteiger partial charge in [0.15, 0.2) is 23.3 Å². The lowest BCUT2D eigenvalue weighted by Gasteiger charge is -2.43. The van der Waals surface area contributed by atoms with Gasteiger partial charge in [-0.05, 0) is 64.2 Å². The highest BCUT2D eigenvalue weighted by Crippen LogP contribution is 2.57. The maximum absolute atomic E-state index is 15.0. The standard InChI is InChI=1S/C24H31BrF4N2O3/c1-5-6-14-12-7-8-13(11-12)24(14,4)31-20-18(28)16(26)15(17(27)19(20)29)21(32)30-9-10-34-22(33)23(2,3)25/h12-14,31H,5-11H2,1-4H3,(H,30,32). The number of hydrogen-bond acceptors (Lipinski definition) is 4. The number of anilines is 1. The molecule has 2 saturated carbocycles. The summed E-state index contributed by atoms with van der Waals surface area (Å²) >= 11 is 3.11. The maximum Gasteiger partial charge on any atom is 0.322 e. The van der Waals surface area contributed by atoms with Crippen LogP contribution in [-0.2, 0) is 9.53 Å². The Hall–Kier alpha value is -1.84. The van der Waals surface area contributed by atoms with E-state index < -0.39 is 56.3 Å². The molecule has 0 aliphatic heterocycles. The van der Waals surface area contributed by atoms with Gasteiger partial charge in [-0.25, -0.2) is 17.6 Å². The third-order valence-electron chi connectivity index (χ3n) is 7.25. The van der Waals surface area contributed by atoms with Crippen molar-refractivity contribution in [3.63, 3.8) is 0 Å². The van der Waals surface area contributed by atoms with Crippen molar-refractivity contribution in [2.45, 2.75) is 69.7 Å². The van der Waals surface area contributed by atoms with E-state index >= 15 is 0 Å². The molecule has 0 radical (unpaired) electrons. The van der Waals surface area contributed by atoms with E-state index in [1.54, 1.807) is 13.8 Å². The van der Waals surface area contributed by atoms with Crippen molar-refractivity contribution in [1.82, 2.24) is 5.32 Å². The van der Waals surface area contributed by atoms with E-state index in [0.717, 1.165) is 32.1 Å². The van der Waals surface area contributed by atoms with Crippen LogP contribution in [-0.4, -0.2) is 34.9 Å². The van der Waals surface area contributed by atoms with Crippen LogP contribution in [0.5, 0.6) is 0 Å². The van der Waals surface area contributed by atoms with Crippen molar-refractivity contribution in [3.8, 4) is 0 Å². The van der Waals surface area contributed by atoms with E-state index in [4.69, 9.17) is 4.74 Å². The number of alkyl halides is 1. The number of halogens is 5. The minimum Gasteiger partial charge on any atom is -0.463 e. The van der Waals surface area contributed by atoms with Gasteiger partial charge in [0.2, 0.25) is 0 Å². The average Bonchev–Trinajstić information content (AvgIpc) is 3.34. The van der Waals surface area contributed by atoms with Crippen molar-refractivity contribution < 1.29 is 31.9 Å². The molecule has 34 heavy (non-hydrogen) atoms. The Kier molecular flexibility index (Phi) is 7.89. The van der Waals surface area contributed by atoms with Gasteiger partial charge < -0.3 is 15.4 Å². The molecule has 0 heterocycles. The fraction of sp³-hybridized carbons (Fsp3) is 0.667. The Morgan fingerprint density at radius 1 is 1.12 bits per heavy atom. The van der Waals surface area contributed by atoms with Gasteiger partial charge >= 0.3 is 5.97 Å². The van der Waals surface area contributed by atoms with Gasteiger partial charge in [0.1, 0.15) is 22.2 Å². The molecule has 2 bridgehead atoms. The molecule has 0 spiro atoms. The average molecular weight is 551 g/mol. The number of carbonyl (C=O) groups excluding carboxylic acids is 2. The SMILES string of the molecule is CCCC1C2CCC(C2)C1(C)Nc1c(F)c(F)c(C(=O)NCCOC(=O)C(C)(C)Br)c(F)c1F. The first-order valence-corrected chi connectivity index (χ1v) is 12.4. The molecule has 2 aliphatic carbocycles. The molecule has 10 heteroatoms. The highest BCUT2D eigenvalue weighted by molar-refractivity contribution is 9.10. The molecule has 2 N–H and O–H groups in total. The van der Waals surface area contributed by atoms with E-state index in [0.29, 0.717) is 5.92 Å². The second kappa shape index (κ2) is 10.0. The van der Waals surface area contributed by atoms with E-state index in [1.165, 1.54) is 0 Å². The maximum atomic E-state index is 15.0. The summed E-state index contributed by atoms with van der Waals surface area (Å²) in [5.41, 5.74) is -2.93. The van der Waals surface area contributed by atoms with Gasteiger partial charge in [-0.1, -0.05) is 29.3 Å². The van der Waals surface area contributed by atoms with Crippen LogP contribution in [0.1, 0.15) is 70.2 Å². The molecule has 4 atom stereocenters. The molecule has 3 rings (SSSR count). The zero-order valence-electron chi connectivity index (χ0n) is 19.8. The van der Waals surface area contributed by atoms with Crippen LogP contribution in [0.25, 0.3) is 0 Å². The topological polar surface area (TPSA) is 67.4 Å². The molecular weight excluding hydrogens is 520 g/mol. The number of amides is 1. The van der Waals surface area contributed by atoms with Crippen LogP contribution in [0.3, 0.4) is 0 Å². The molecule has 0 saturated heterocycles. The van der Waals surface area contributed by atoms with Gasteiger partial charge in [-0.3, -0.25) is 9.59 Å². The number of fused-ring (bicyclic) bond motifs is 2. The van der Waals surface area contributed by atoms with Gasteiger partial charge in [0, 0.05) is 5.54 Å². The Bertz CT molecular complexity index is 940. The second-order valence-corrected chi connectivity index (χ2v) is 11.9. The minimum absolute atomic E-state index is 0.136. The summed E-state index contributed by atoms with van der Waals surface area (Å²) in [7, 11) is 0. The Labute approximate surface area is 205 Å². The molecular formula is C24H31BrF4N2O3. The summed E-state index contributed by atoms with van der Waals surface area (Å²) < 4.78 is 63.5. The zero-order chi connectivity index (χ0) is 25.4. The molecule has 0 aromatic heterocycles. The van der Waals surface area contributed by atoms with E-state index in [9.17, 15) is 27.2 Å². The lowest BCUT2D eigenvalue weighted by molar-refractivity contribution is -0.145. The van der Waals surface area contributed by atoms with Crippen LogP contribution in [0.15, 0.2) is 0 Å². The van der Waals surface area contributed by atoms with Gasteiger partial charge in [0.05, 0.1) is 6.54 Å². The second-order valence-electron chi connectivity index (χ2n) is 9.94. The third kappa shape index (κ3) is 4.93. The predicted molar refractivity (Wildman–Crippen MR) is 124 cm³/mol. The number of ether oxygens (including phenoxy) is 1. The fourth-order valence-electron chi connectivity index (χ4n) is 5.54. The monoisotopic (exact) mass is 550 g/mol. The van der Waals surface area contributed by atoms with Crippen LogP contribution >= 0.6 is 15.9 Å². The lowest BCUT2D eigenvalue weighted by Crippen LogP contribution is -2.48. The summed E-state index contributed by atoms with van der Waals surface area (Å²) in [4.78, 5) is 24.0. The Morgan fingerprint density at radius 2 is 1.74 bits per heavy atom. The van der Waals surface area contributed by atoms with Crippen LogP contribution < -0.4 is 10.6 Å². The van der Waals surface area contributed by atoms with Crippen molar-refractivity contribution in [2.24, 2.45) is 17.8 Å². The van der Waals surface area contributed by atoms with Crippen molar-refractivity contribution in [3.05, 3.63) is 28.8 Å². The largest absolute Gasteiger partial charge is 0.463 e. The molecule has 2 fully saturated rings.